The third-order valence-corrected chi connectivity index (χ3v) is 13.4. The van der Waals surface area contributed by atoms with Crippen LogP contribution >= 0.6 is 23.5 Å². The zero-order valence-corrected chi connectivity index (χ0v) is 39.4. The monoisotopic (exact) mass is 905 g/mol. The van der Waals surface area contributed by atoms with E-state index in [4.69, 9.17) is 33.2 Å². The molecular formula is C45H63NO14S2. The Morgan fingerprint density at radius 2 is 1.63 bits per heavy atom. The summed E-state index contributed by atoms with van der Waals surface area (Å²) in [6.07, 6.45) is -4.11. The Kier molecular flexibility index (Phi) is 15.1. The van der Waals surface area contributed by atoms with E-state index >= 15 is 4.79 Å². The molecule has 1 aromatic carbocycles. The van der Waals surface area contributed by atoms with E-state index in [0.717, 1.165) is 0 Å². The quantitative estimate of drug-likeness (QED) is 0.0908. The minimum atomic E-state index is -2.22. The third-order valence-electron chi connectivity index (χ3n) is 12.6. The van der Waals surface area contributed by atoms with Gasteiger partial charge in [0.05, 0.1) is 47.5 Å². The molecule has 5 rings (SSSR count). The van der Waals surface area contributed by atoms with Crippen molar-refractivity contribution in [2.75, 3.05) is 31.0 Å². The maximum absolute atomic E-state index is 15.9. The number of rotatable bonds is 14. The number of amides is 1. The Morgan fingerprint density at radius 1 is 1.00 bits per heavy atom. The van der Waals surface area contributed by atoms with Gasteiger partial charge in [-0.15, -0.1) is 23.5 Å². The summed E-state index contributed by atoms with van der Waals surface area (Å²) >= 11 is 2.71. The van der Waals surface area contributed by atoms with E-state index in [0.29, 0.717) is 11.1 Å². The Morgan fingerprint density at radius 3 is 2.18 bits per heavy atom. The molecule has 62 heavy (non-hydrogen) atoms. The Labute approximate surface area is 372 Å². The molecule has 1 amide bonds. The first-order valence-electron chi connectivity index (χ1n) is 20.7. The van der Waals surface area contributed by atoms with E-state index in [-0.39, 0.29) is 36.0 Å². The van der Waals surface area contributed by atoms with Gasteiger partial charge in [0.15, 0.2) is 17.5 Å². The minimum absolute atomic E-state index is 0.0376. The summed E-state index contributed by atoms with van der Waals surface area (Å²) in [7, 11) is 0. The summed E-state index contributed by atoms with van der Waals surface area (Å²) in [5, 5.41) is 28.0. The lowest BCUT2D eigenvalue weighted by molar-refractivity contribution is -0.347. The minimum Gasteiger partial charge on any atom is -0.456 e. The van der Waals surface area contributed by atoms with E-state index in [2.05, 4.69) is 5.32 Å². The number of aliphatic hydroxyl groups excluding tert-OH is 1. The van der Waals surface area contributed by atoms with Gasteiger partial charge in [-0.05, 0) is 84.3 Å². The predicted octanol–water partition coefficient (Wildman–Crippen LogP) is 5.54. The van der Waals surface area contributed by atoms with Gasteiger partial charge in [0.25, 0.3) is 0 Å². The van der Waals surface area contributed by atoms with Crippen LogP contribution in [0.15, 0.2) is 53.1 Å². The highest BCUT2D eigenvalue weighted by molar-refractivity contribution is 7.98. The van der Waals surface area contributed by atoms with E-state index in [1.54, 1.807) is 98.9 Å². The zero-order chi connectivity index (χ0) is 46.2. The highest BCUT2D eigenvalue weighted by Crippen LogP contribution is 2.65. The smallest absolute Gasteiger partial charge is 0.408 e. The number of hydrogen-bond donors (Lipinski definition) is 3. The van der Waals surface area contributed by atoms with Crippen molar-refractivity contribution in [2.24, 2.45) is 16.7 Å². The number of allylic oxidation sites excluding steroid dienone is 1. The van der Waals surface area contributed by atoms with Crippen molar-refractivity contribution in [1.29, 1.82) is 0 Å². The second-order valence-corrected chi connectivity index (χ2v) is 20.2. The van der Waals surface area contributed by atoms with Crippen molar-refractivity contribution in [3.8, 4) is 0 Å². The fourth-order valence-electron chi connectivity index (χ4n) is 9.78. The van der Waals surface area contributed by atoms with Gasteiger partial charge >= 0.3 is 24.0 Å². The number of aliphatic hydroxyl groups is 2. The molecule has 17 heteroatoms. The lowest BCUT2D eigenvalue weighted by atomic mass is 9.44. The van der Waals surface area contributed by atoms with Crippen LogP contribution in [0.5, 0.6) is 0 Å². The van der Waals surface area contributed by atoms with E-state index in [1.165, 1.54) is 36.5 Å². The zero-order valence-electron chi connectivity index (χ0n) is 37.7. The molecule has 4 aliphatic rings. The molecule has 15 nitrogen and oxygen atoms in total. The van der Waals surface area contributed by atoms with Gasteiger partial charge < -0.3 is 48.7 Å². The fourth-order valence-corrected chi connectivity index (χ4v) is 10.3. The number of alkyl carbamates (subject to hydrolysis) is 1. The van der Waals surface area contributed by atoms with Crippen LogP contribution in [-0.4, -0.2) is 130 Å². The molecule has 2 bridgehead atoms. The Hall–Kier alpha value is -3.45. The number of ether oxygens (including phenoxy) is 7. The number of carbonyl (C=O) groups is 5. The highest BCUT2D eigenvalue weighted by Gasteiger charge is 2.78. The summed E-state index contributed by atoms with van der Waals surface area (Å²) in [5.41, 5.74) is -6.39. The molecule has 3 aliphatic carbocycles. The lowest BCUT2D eigenvalue weighted by Gasteiger charge is -2.68. The Bertz CT molecular complexity index is 1930. The summed E-state index contributed by atoms with van der Waals surface area (Å²) in [4.78, 5) is 70.6. The lowest BCUT2D eigenvalue weighted by Crippen LogP contribution is -2.82. The molecule has 3 N–H and O–H groups in total. The van der Waals surface area contributed by atoms with Gasteiger partial charge in [0.2, 0.25) is 0 Å². The van der Waals surface area contributed by atoms with Crippen LogP contribution in [-0.2, 0) is 47.5 Å². The van der Waals surface area contributed by atoms with Gasteiger partial charge in [-0.3, -0.25) is 9.59 Å². The molecule has 1 saturated heterocycles. The first kappa shape index (κ1) is 49.6. The molecule has 0 radical (unpaired) electrons. The maximum atomic E-state index is 15.9. The third kappa shape index (κ3) is 9.36. The van der Waals surface area contributed by atoms with Gasteiger partial charge in [-0.1, -0.05) is 43.7 Å². The van der Waals surface area contributed by atoms with Gasteiger partial charge in [0, 0.05) is 25.2 Å². The summed E-state index contributed by atoms with van der Waals surface area (Å²) in [6, 6.07) is 6.86. The molecule has 344 valence electrons. The molecule has 3 fully saturated rings. The second kappa shape index (κ2) is 18.9. The number of thioether (sulfide) groups is 2. The fraction of sp³-hybridized carbons (Fsp3) is 0.667. The Balaban J connectivity index is 1.76. The van der Waals surface area contributed by atoms with Crippen molar-refractivity contribution < 1.29 is 67.3 Å². The number of fused-ring (bicyclic) bond motifs is 5. The van der Waals surface area contributed by atoms with E-state index < -0.39 is 112 Å². The van der Waals surface area contributed by atoms with Crippen LogP contribution in [0.1, 0.15) is 92.4 Å². The van der Waals surface area contributed by atoms with E-state index in [1.807, 2.05) is 6.26 Å². The largest absolute Gasteiger partial charge is 0.456 e. The summed E-state index contributed by atoms with van der Waals surface area (Å²) in [5.74, 6) is -4.26. The van der Waals surface area contributed by atoms with Crippen LogP contribution in [0.3, 0.4) is 0 Å². The molecule has 1 aromatic rings. The molecule has 11 atom stereocenters. The average molecular weight is 906 g/mol. The molecule has 0 unspecified atom stereocenters. The standard InChI is InChI=1S/C45H63NO14S2/c1-24(2)18-28(46-40(52)60-41(5,6)7)33(48)39(51)57-29-20-45(53)37(58-38(50)27-16-14-13-15-17-27)35-43(10,36(49)34(56-23-62-12)32(25(29)3)42(45,8)9)30(55-22-61-11)19-31-44(35,21-54-31)59-26(4)47/h13-18,28-31,33-35,37,48,53H,19-23H2,1-12H3,(H,46,52)/t28-,29-,30-,31+,33+,34+,35-,37-,43+,44-,45+/m0/s1. The highest BCUT2D eigenvalue weighted by atomic mass is 32.2. The molecule has 1 heterocycles. The van der Waals surface area contributed by atoms with Crippen LogP contribution in [0, 0.1) is 16.7 Å². The van der Waals surface area contributed by atoms with Gasteiger partial charge in [-0.25, -0.2) is 14.4 Å². The molecule has 0 aromatic heterocycles. The van der Waals surface area contributed by atoms with Crippen molar-refractivity contribution in [2.45, 2.75) is 142 Å². The van der Waals surface area contributed by atoms with Crippen molar-refractivity contribution in [3.05, 3.63) is 58.7 Å². The van der Waals surface area contributed by atoms with Gasteiger partial charge in [0.1, 0.15) is 35.6 Å². The number of hydrogen-bond acceptors (Lipinski definition) is 16. The van der Waals surface area contributed by atoms with Crippen LogP contribution in [0.4, 0.5) is 4.79 Å². The molecule has 0 spiro atoms. The van der Waals surface area contributed by atoms with Crippen LogP contribution in [0.2, 0.25) is 0 Å². The number of ketones is 1. The number of esters is 3. The maximum Gasteiger partial charge on any atom is 0.408 e. The van der Waals surface area contributed by atoms with Crippen LogP contribution < -0.4 is 5.32 Å². The second-order valence-electron chi connectivity index (χ2n) is 18.6. The number of carbonyl (C=O) groups excluding carboxylic acids is 5. The SMILES string of the molecule is CSCO[C@H]1C(=O)[C@]2(C)[C@@H](OCSC)C[C@H]3OC[C@@]3(OC(C)=O)[C@H]2[C@H](OC(=O)c2ccccc2)[C@]2(O)C[C@H](OC(=O)[C@H](O)[C@H](C=C(C)C)NC(=O)OC(C)(C)C)C(C)=C1C2(C)C. The predicted molar refractivity (Wildman–Crippen MR) is 232 cm³/mol. The summed E-state index contributed by atoms with van der Waals surface area (Å²) in [6.45, 7) is 16.3. The number of benzene rings is 1. The molecule has 1 aliphatic heterocycles. The molecule has 2 saturated carbocycles. The molecular weight excluding hydrogens is 843 g/mol. The van der Waals surface area contributed by atoms with Crippen molar-refractivity contribution >= 4 is 53.3 Å². The number of nitrogens with one attached hydrogen (secondary N) is 1. The average Bonchev–Trinajstić information content (AvgIpc) is 3.17. The first-order chi connectivity index (χ1) is 28.9. The first-order valence-corrected chi connectivity index (χ1v) is 23.5. The van der Waals surface area contributed by atoms with Gasteiger partial charge in [-0.2, -0.15) is 0 Å². The van der Waals surface area contributed by atoms with Crippen molar-refractivity contribution in [1.82, 2.24) is 5.32 Å². The topological polar surface area (TPSA) is 202 Å². The van der Waals surface area contributed by atoms with E-state index in [9.17, 15) is 29.4 Å². The normalized spacial score (nSPS) is 32.3. The summed E-state index contributed by atoms with van der Waals surface area (Å²) < 4.78 is 43.5. The van der Waals surface area contributed by atoms with Crippen molar-refractivity contribution in [3.63, 3.8) is 0 Å². The van der Waals surface area contributed by atoms with Crippen LogP contribution in [0.25, 0.3) is 0 Å². The number of Topliss-reactive ketones (excluding diaryl/α,β-unsaturated/α-hetero) is 1.